The number of rotatable bonds is 4. The van der Waals surface area contributed by atoms with Crippen LogP contribution in [0.1, 0.15) is 16.1 Å². The molecule has 0 bridgehead atoms. The Morgan fingerprint density at radius 2 is 1.84 bits per heavy atom. The third kappa shape index (κ3) is 3.38. The number of anilines is 1. The summed E-state index contributed by atoms with van der Waals surface area (Å²) in [6, 6.07) is 16.9. The van der Waals surface area contributed by atoms with Crippen molar-refractivity contribution in [2.45, 2.75) is 0 Å². The van der Waals surface area contributed by atoms with Gasteiger partial charge >= 0.3 is 0 Å². The zero-order chi connectivity index (χ0) is 22.1. The number of fused-ring (bicyclic) bond motifs is 1. The maximum Gasteiger partial charge on any atom is 0.278 e. The molecule has 5 aromatic rings. The second-order valence-corrected chi connectivity index (χ2v) is 7.23. The fraction of sp³-hybridized carbons (Fsp3) is 0.0417. The minimum absolute atomic E-state index is 0.261. The monoisotopic (exact) mass is 419 g/mol. The lowest BCUT2D eigenvalue weighted by Crippen LogP contribution is -2.27. The second-order valence-electron chi connectivity index (χ2n) is 7.23. The molecule has 8 heteroatoms. The van der Waals surface area contributed by atoms with Gasteiger partial charge in [-0.05, 0) is 35.9 Å². The van der Waals surface area contributed by atoms with Gasteiger partial charge in [-0.2, -0.15) is 10.4 Å². The maximum absolute atomic E-state index is 13.1. The molecule has 5 rings (SSSR count). The van der Waals surface area contributed by atoms with E-state index in [0.717, 1.165) is 22.4 Å². The summed E-state index contributed by atoms with van der Waals surface area (Å²) in [5.74, 6) is -0.261. The molecule has 1 N–H and O–H groups in total. The van der Waals surface area contributed by atoms with E-state index in [1.54, 1.807) is 56.1 Å². The molecule has 0 saturated carbocycles. The number of hydrogen-bond acceptors (Lipinski definition) is 5. The van der Waals surface area contributed by atoms with Crippen molar-refractivity contribution in [2.75, 3.05) is 11.9 Å². The van der Waals surface area contributed by atoms with Crippen molar-refractivity contribution in [1.82, 2.24) is 24.6 Å². The van der Waals surface area contributed by atoms with Gasteiger partial charge in [0.05, 0.1) is 35.9 Å². The van der Waals surface area contributed by atoms with Gasteiger partial charge in [-0.15, -0.1) is 0 Å². The minimum Gasteiger partial charge on any atom is -0.310 e. The third-order valence-electron chi connectivity index (χ3n) is 5.29. The van der Waals surface area contributed by atoms with Gasteiger partial charge in [0.2, 0.25) is 0 Å². The standard InChI is InChI=1S/C24H17N7O/c1-30(20-7-5-16(10-25)6-8-20)24(32)21-15-31-22(13-27-23(31)14-26-21)18-4-2-3-17(9-18)19-11-28-29-12-19/h2-9,11-15H,1H3,(H,28,29). The Hall–Kier alpha value is -4.77. The van der Waals surface area contributed by atoms with E-state index >= 15 is 0 Å². The largest absolute Gasteiger partial charge is 0.310 e. The van der Waals surface area contributed by atoms with Crippen molar-refractivity contribution in [2.24, 2.45) is 0 Å². The molecule has 0 unspecified atom stereocenters. The fourth-order valence-corrected chi connectivity index (χ4v) is 3.53. The van der Waals surface area contributed by atoms with E-state index in [-0.39, 0.29) is 11.6 Å². The number of carbonyl (C=O) groups excluding carboxylic acids is 1. The average Bonchev–Trinajstić information content (AvgIpc) is 3.53. The Labute approximate surface area is 183 Å². The van der Waals surface area contributed by atoms with E-state index in [0.29, 0.717) is 16.9 Å². The van der Waals surface area contributed by atoms with Gasteiger partial charge in [0, 0.05) is 36.3 Å². The van der Waals surface area contributed by atoms with Crippen LogP contribution in [0.25, 0.3) is 28.0 Å². The first-order valence-electron chi connectivity index (χ1n) is 9.85. The molecule has 0 spiro atoms. The Morgan fingerprint density at radius 1 is 1.03 bits per heavy atom. The van der Waals surface area contributed by atoms with Crippen LogP contribution >= 0.6 is 0 Å². The second kappa shape index (κ2) is 7.81. The number of hydrogen-bond donors (Lipinski definition) is 1. The highest BCUT2D eigenvalue weighted by molar-refractivity contribution is 6.04. The van der Waals surface area contributed by atoms with E-state index in [9.17, 15) is 4.79 Å². The number of aromatic nitrogens is 5. The topological polar surface area (TPSA) is 103 Å². The van der Waals surface area contributed by atoms with Crippen molar-refractivity contribution >= 4 is 17.2 Å². The van der Waals surface area contributed by atoms with Crippen LogP contribution in [0.4, 0.5) is 5.69 Å². The molecule has 0 atom stereocenters. The Kier molecular flexibility index (Phi) is 4.69. The first-order valence-corrected chi connectivity index (χ1v) is 9.85. The first kappa shape index (κ1) is 19.2. The summed E-state index contributed by atoms with van der Waals surface area (Å²) in [6.07, 6.45) is 8.67. The van der Waals surface area contributed by atoms with Crippen LogP contribution in [0.2, 0.25) is 0 Å². The maximum atomic E-state index is 13.1. The molecule has 3 aromatic heterocycles. The highest BCUT2D eigenvalue weighted by atomic mass is 16.2. The highest BCUT2D eigenvalue weighted by Crippen LogP contribution is 2.26. The van der Waals surface area contributed by atoms with E-state index in [1.807, 2.05) is 28.8 Å². The van der Waals surface area contributed by atoms with Crippen molar-refractivity contribution in [1.29, 1.82) is 5.26 Å². The predicted molar refractivity (Wildman–Crippen MR) is 120 cm³/mol. The molecule has 154 valence electrons. The zero-order valence-corrected chi connectivity index (χ0v) is 17.1. The first-order chi connectivity index (χ1) is 15.6. The molecule has 0 aliphatic carbocycles. The number of aromatic amines is 1. The van der Waals surface area contributed by atoms with E-state index in [2.05, 4.69) is 32.3 Å². The molecule has 8 nitrogen and oxygen atoms in total. The molecular formula is C24H17N7O. The summed E-state index contributed by atoms with van der Waals surface area (Å²) in [4.78, 5) is 23.3. The highest BCUT2D eigenvalue weighted by Gasteiger charge is 2.17. The summed E-state index contributed by atoms with van der Waals surface area (Å²) in [7, 11) is 1.68. The van der Waals surface area contributed by atoms with Crippen LogP contribution in [0.3, 0.4) is 0 Å². The van der Waals surface area contributed by atoms with Crippen LogP contribution < -0.4 is 4.90 Å². The lowest BCUT2D eigenvalue weighted by atomic mass is 10.0. The number of nitrogens with one attached hydrogen (secondary N) is 1. The van der Waals surface area contributed by atoms with Gasteiger partial charge in [0.1, 0.15) is 5.69 Å². The van der Waals surface area contributed by atoms with Crippen LogP contribution in [0, 0.1) is 11.3 Å². The Morgan fingerprint density at radius 3 is 2.59 bits per heavy atom. The van der Waals surface area contributed by atoms with E-state index < -0.39 is 0 Å². The molecule has 0 radical (unpaired) electrons. The van der Waals surface area contributed by atoms with Crippen molar-refractivity contribution in [3.63, 3.8) is 0 Å². The SMILES string of the molecule is CN(C(=O)c1cn2c(-c3cccc(-c4cn[nH]c4)c3)cnc2cn1)c1ccc(C#N)cc1. The Bertz CT molecular complexity index is 1460. The number of carbonyl (C=O) groups is 1. The van der Waals surface area contributed by atoms with Crippen LogP contribution in [-0.4, -0.2) is 37.5 Å². The van der Waals surface area contributed by atoms with Crippen LogP contribution in [0.15, 0.2) is 79.5 Å². The Balaban J connectivity index is 1.51. The van der Waals surface area contributed by atoms with Crippen molar-refractivity contribution in [3.05, 3.63) is 90.8 Å². The van der Waals surface area contributed by atoms with Gasteiger partial charge in [-0.3, -0.25) is 14.3 Å². The molecular weight excluding hydrogens is 402 g/mol. The summed E-state index contributed by atoms with van der Waals surface area (Å²) < 4.78 is 1.86. The summed E-state index contributed by atoms with van der Waals surface area (Å²) in [5, 5.41) is 15.8. The molecule has 3 heterocycles. The van der Waals surface area contributed by atoms with Gasteiger partial charge in [0.15, 0.2) is 5.65 Å². The quantitative estimate of drug-likeness (QED) is 0.475. The van der Waals surface area contributed by atoms with Crippen molar-refractivity contribution in [3.8, 4) is 28.5 Å². The minimum atomic E-state index is -0.261. The molecule has 0 aliphatic rings. The molecule has 32 heavy (non-hydrogen) atoms. The molecule has 1 amide bonds. The van der Waals surface area contributed by atoms with E-state index in [1.165, 1.54) is 4.90 Å². The van der Waals surface area contributed by atoms with Gasteiger partial charge < -0.3 is 4.90 Å². The van der Waals surface area contributed by atoms with Gasteiger partial charge in [0.25, 0.3) is 5.91 Å². The molecule has 0 saturated heterocycles. The van der Waals surface area contributed by atoms with E-state index in [4.69, 9.17) is 5.26 Å². The zero-order valence-electron chi connectivity index (χ0n) is 17.1. The normalized spacial score (nSPS) is 10.8. The van der Waals surface area contributed by atoms with Gasteiger partial charge in [-0.25, -0.2) is 9.97 Å². The lowest BCUT2D eigenvalue weighted by molar-refractivity contribution is 0.0988. The average molecular weight is 419 g/mol. The smallest absolute Gasteiger partial charge is 0.278 e. The number of imidazole rings is 1. The number of nitrogens with zero attached hydrogens (tertiary/aromatic N) is 6. The van der Waals surface area contributed by atoms with Crippen LogP contribution in [-0.2, 0) is 0 Å². The fourth-order valence-electron chi connectivity index (χ4n) is 3.53. The molecule has 0 aliphatic heterocycles. The number of amides is 1. The number of nitriles is 1. The summed E-state index contributed by atoms with van der Waals surface area (Å²) >= 11 is 0. The van der Waals surface area contributed by atoms with Crippen LogP contribution in [0.5, 0.6) is 0 Å². The molecule has 0 fully saturated rings. The molecule has 2 aromatic carbocycles. The predicted octanol–water partition coefficient (Wildman–Crippen LogP) is 3.93. The van der Waals surface area contributed by atoms with Crippen molar-refractivity contribution < 1.29 is 4.79 Å². The summed E-state index contributed by atoms with van der Waals surface area (Å²) in [5.41, 5.74) is 5.97. The van der Waals surface area contributed by atoms with Gasteiger partial charge in [-0.1, -0.05) is 18.2 Å². The number of H-pyrrole nitrogens is 1. The number of benzene rings is 2. The summed E-state index contributed by atoms with van der Waals surface area (Å²) in [6.45, 7) is 0. The third-order valence-corrected chi connectivity index (χ3v) is 5.29. The lowest BCUT2D eigenvalue weighted by Gasteiger charge is -2.17.